The topological polar surface area (TPSA) is 87.3 Å². The predicted molar refractivity (Wildman–Crippen MR) is 123 cm³/mol. The minimum Gasteiger partial charge on any atom is -0.345 e. The number of hydrogen-bond acceptors (Lipinski definition) is 3. The van der Waals surface area contributed by atoms with Gasteiger partial charge in [-0.05, 0) is 34.4 Å². The number of carbonyl (C=O) groups excluding carboxylic acids is 3. The van der Waals surface area contributed by atoms with E-state index in [0.717, 1.165) is 16.3 Å². The second-order valence-electron chi connectivity index (χ2n) is 7.78. The van der Waals surface area contributed by atoms with Gasteiger partial charge in [0.15, 0.2) is 0 Å². The minimum atomic E-state index is -0.725. The van der Waals surface area contributed by atoms with Gasteiger partial charge >= 0.3 is 0 Å². The fourth-order valence-electron chi connectivity index (χ4n) is 3.30. The molecule has 3 N–H and O–H groups in total. The second kappa shape index (κ2) is 10.4. The van der Waals surface area contributed by atoms with Crippen LogP contribution in [-0.2, 0) is 20.8 Å². The highest BCUT2D eigenvalue weighted by Crippen LogP contribution is 2.16. The van der Waals surface area contributed by atoms with Crippen LogP contribution in [0.15, 0.2) is 72.8 Å². The molecule has 0 bridgehead atoms. The summed E-state index contributed by atoms with van der Waals surface area (Å²) in [5.41, 5.74) is 1.53. The van der Waals surface area contributed by atoms with E-state index >= 15 is 0 Å². The zero-order valence-corrected chi connectivity index (χ0v) is 17.7. The van der Waals surface area contributed by atoms with Crippen molar-refractivity contribution in [3.63, 3.8) is 0 Å². The number of nitrogens with one attached hydrogen (secondary N) is 3. The third kappa shape index (κ3) is 6.40. The van der Waals surface area contributed by atoms with E-state index in [1.165, 1.54) is 0 Å². The van der Waals surface area contributed by atoms with Crippen LogP contribution in [0.2, 0.25) is 0 Å². The SMILES string of the molecule is CC(C)C(NC(=O)Cc1ccc2ccccc2c1)C(=O)NCC(=O)Nc1ccccc1. The van der Waals surface area contributed by atoms with Gasteiger partial charge in [-0.25, -0.2) is 0 Å². The van der Waals surface area contributed by atoms with Crippen molar-refractivity contribution in [2.24, 2.45) is 5.92 Å². The molecule has 0 aliphatic carbocycles. The highest BCUT2D eigenvalue weighted by Gasteiger charge is 2.24. The zero-order valence-electron chi connectivity index (χ0n) is 17.7. The van der Waals surface area contributed by atoms with Gasteiger partial charge in [-0.1, -0.05) is 74.5 Å². The van der Waals surface area contributed by atoms with E-state index in [-0.39, 0.29) is 36.6 Å². The Balaban J connectivity index is 1.54. The molecule has 0 fully saturated rings. The summed E-state index contributed by atoms with van der Waals surface area (Å²) in [7, 11) is 0. The van der Waals surface area contributed by atoms with Crippen molar-refractivity contribution in [3.05, 3.63) is 78.4 Å². The van der Waals surface area contributed by atoms with Crippen LogP contribution in [-0.4, -0.2) is 30.3 Å². The lowest BCUT2D eigenvalue weighted by atomic mass is 10.0. The van der Waals surface area contributed by atoms with Crippen LogP contribution in [0, 0.1) is 5.92 Å². The summed E-state index contributed by atoms with van der Waals surface area (Å²) in [6, 6.07) is 22.1. The van der Waals surface area contributed by atoms with E-state index in [2.05, 4.69) is 16.0 Å². The van der Waals surface area contributed by atoms with Crippen molar-refractivity contribution in [1.29, 1.82) is 0 Å². The standard InChI is InChI=1S/C25H27N3O3/c1-17(2)24(25(31)26-16-23(30)27-21-10-4-3-5-11-21)28-22(29)15-18-12-13-19-8-6-7-9-20(19)14-18/h3-14,17,24H,15-16H2,1-2H3,(H,26,31)(H,27,30)(H,28,29). The van der Waals surface area contributed by atoms with Crippen LogP contribution in [0.5, 0.6) is 0 Å². The Hall–Kier alpha value is -3.67. The van der Waals surface area contributed by atoms with Crippen molar-refractivity contribution >= 4 is 34.2 Å². The van der Waals surface area contributed by atoms with E-state index in [0.29, 0.717) is 5.69 Å². The first kappa shape index (κ1) is 22.0. The van der Waals surface area contributed by atoms with Gasteiger partial charge in [-0.3, -0.25) is 14.4 Å². The minimum absolute atomic E-state index is 0.127. The van der Waals surface area contributed by atoms with Crippen molar-refractivity contribution in [2.75, 3.05) is 11.9 Å². The van der Waals surface area contributed by atoms with Crippen LogP contribution >= 0.6 is 0 Å². The van der Waals surface area contributed by atoms with Gasteiger partial charge in [-0.15, -0.1) is 0 Å². The molecule has 3 aromatic carbocycles. The highest BCUT2D eigenvalue weighted by atomic mass is 16.2. The summed E-state index contributed by atoms with van der Waals surface area (Å²) in [5.74, 6) is -1.08. The Labute approximate surface area is 182 Å². The van der Waals surface area contributed by atoms with Crippen LogP contribution < -0.4 is 16.0 Å². The molecular weight excluding hydrogens is 390 g/mol. The number of hydrogen-bond donors (Lipinski definition) is 3. The van der Waals surface area contributed by atoms with Gasteiger partial charge in [0.2, 0.25) is 17.7 Å². The molecule has 31 heavy (non-hydrogen) atoms. The van der Waals surface area contributed by atoms with E-state index in [4.69, 9.17) is 0 Å². The van der Waals surface area contributed by atoms with Crippen LogP contribution in [0.4, 0.5) is 5.69 Å². The number of fused-ring (bicyclic) bond motifs is 1. The van der Waals surface area contributed by atoms with Crippen molar-refractivity contribution in [2.45, 2.75) is 26.3 Å². The summed E-state index contributed by atoms with van der Waals surface area (Å²) in [4.78, 5) is 37.2. The molecule has 0 saturated heterocycles. The molecule has 0 heterocycles. The number of benzene rings is 3. The van der Waals surface area contributed by atoms with Gasteiger partial charge in [0.1, 0.15) is 6.04 Å². The van der Waals surface area contributed by atoms with E-state index in [9.17, 15) is 14.4 Å². The van der Waals surface area contributed by atoms with Gasteiger partial charge < -0.3 is 16.0 Å². The fourth-order valence-corrected chi connectivity index (χ4v) is 3.30. The summed E-state index contributed by atoms with van der Waals surface area (Å²) in [6.07, 6.45) is 0.176. The van der Waals surface area contributed by atoms with Crippen molar-refractivity contribution in [1.82, 2.24) is 10.6 Å². The molecular formula is C25H27N3O3. The number of anilines is 1. The first-order chi connectivity index (χ1) is 14.9. The third-order valence-corrected chi connectivity index (χ3v) is 4.92. The first-order valence-corrected chi connectivity index (χ1v) is 10.3. The molecule has 0 spiro atoms. The largest absolute Gasteiger partial charge is 0.345 e. The molecule has 6 nitrogen and oxygen atoms in total. The summed E-state index contributed by atoms with van der Waals surface area (Å²) < 4.78 is 0. The van der Waals surface area contributed by atoms with Crippen LogP contribution in [0.25, 0.3) is 10.8 Å². The monoisotopic (exact) mass is 417 g/mol. The number of carbonyl (C=O) groups is 3. The number of amides is 3. The van der Waals surface area contributed by atoms with E-state index in [1.807, 2.05) is 74.5 Å². The zero-order chi connectivity index (χ0) is 22.2. The maximum atomic E-state index is 12.6. The first-order valence-electron chi connectivity index (χ1n) is 10.3. The van der Waals surface area contributed by atoms with Crippen molar-refractivity contribution in [3.8, 4) is 0 Å². The predicted octanol–water partition coefficient (Wildman–Crippen LogP) is 3.28. The molecule has 3 rings (SSSR count). The lowest BCUT2D eigenvalue weighted by Crippen LogP contribution is -2.51. The third-order valence-electron chi connectivity index (χ3n) is 4.92. The van der Waals surface area contributed by atoms with Gasteiger partial charge in [0.25, 0.3) is 0 Å². The Morgan fingerprint density at radius 1 is 0.806 bits per heavy atom. The molecule has 0 saturated carbocycles. The fraction of sp³-hybridized carbons (Fsp3) is 0.240. The Morgan fingerprint density at radius 2 is 1.48 bits per heavy atom. The van der Waals surface area contributed by atoms with Crippen molar-refractivity contribution < 1.29 is 14.4 Å². The van der Waals surface area contributed by atoms with Crippen LogP contribution in [0.1, 0.15) is 19.4 Å². The smallest absolute Gasteiger partial charge is 0.243 e. The average molecular weight is 418 g/mol. The second-order valence-corrected chi connectivity index (χ2v) is 7.78. The van der Waals surface area contributed by atoms with E-state index < -0.39 is 6.04 Å². The lowest BCUT2D eigenvalue weighted by molar-refractivity contribution is -0.130. The summed E-state index contributed by atoms with van der Waals surface area (Å²) in [6.45, 7) is 3.53. The molecule has 160 valence electrons. The maximum Gasteiger partial charge on any atom is 0.243 e. The molecule has 0 aromatic heterocycles. The molecule has 3 aromatic rings. The van der Waals surface area contributed by atoms with E-state index in [1.54, 1.807) is 12.1 Å². The summed E-state index contributed by atoms with van der Waals surface area (Å²) in [5, 5.41) is 10.3. The molecule has 0 aliphatic heterocycles. The molecule has 1 unspecified atom stereocenters. The molecule has 6 heteroatoms. The maximum absolute atomic E-state index is 12.6. The Morgan fingerprint density at radius 3 is 2.19 bits per heavy atom. The Bertz CT molecular complexity index is 1060. The number of rotatable bonds is 8. The van der Waals surface area contributed by atoms with Gasteiger partial charge in [0.05, 0.1) is 13.0 Å². The Kier molecular flexibility index (Phi) is 7.38. The molecule has 3 amide bonds. The number of para-hydroxylation sites is 1. The normalized spacial score (nSPS) is 11.7. The molecule has 0 radical (unpaired) electrons. The lowest BCUT2D eigenvalue weighted by Gasteiger charge is -2.21. The average Bonchev–Trinajstić information content (AvgIpc) is 2.76. The van der Waals surface area contributed by atoms with Crippen LogP contribution in [0.3, 0.4) is 0 Å². The summed E-state index contributed by atoms with van der Waals surface area (Å²) >= 11 is 0. The van der Waals surface area contributed by atoms with Gasteiger partial charge in [-0.2, -0.15) is 0 Å². The highest BCUT2D eigenvalue weighted by molar-refractivity contribution is 5.96. The van der Waals surface area contributed by atoms with Gasteiger partial charge in [0, 0.05) is 5.69 Å². The quantitative estimate of drug-likeness (QED) is 0.526. The molecule has 0 aliphatic rings. The molecule has 1 atom stereocenters.